The van der Waals surface area contributed by atoms with Crippen LogP contribution in [0.2, 0.25) is 0 Å². The van der Waals surface area contributed by atoms with Gasteiger partial charge in [0, 0.05) is 62.4 Å². The van der Waals surface area contributed by atoms with E-state index in [9.17, 15) is 23.1 Å². The number of alkyl halides is 3. The number of aromatic nitrogens is 4. The van der Waals surface area contributed by atoms with E-state index in [2.05, 4.69) is 37.1 Å². The van der Waals surface area contributed by atoms with E-state index >= 15 is 0 Å². The Bertz CT molecular complexity index is 1710. The van der Waals surface area contributed by atoms with Crippen molar-refractivity contribution in [3.05, 3.63) is 82.9 Å². The van der Waals surface area contributed by atoms with Gasteiger partial charge in [-0.2, -0.15) is 13.2 Å². The highest BCUT2D eigenvalue weighted by atomic mass is 19.4. The van der Waals surface area contributed by atoms with Crippen molar-refractivity contribution in [2.45, 2.75) is 32.2 Å². The maximum atomic E-state index is 14.0. The van der Waals surface area contributed by atoms with Gasteiger partial charge in [0.1, 0.15) is 12.3 Å². The Morgan fingerprint density at radius 1 is 1.05 bits per heavy atom. The quantitative estimate of drug-likeness (QED) is 0.307. The number of imidazole rings is 1. The molecule has 0 aliphatic carbocycles. The van der Waals surface area contributed by atoms with Crippen LogP contribution in [0.15, 0.2) is 55.0 Å². The first-order valence-corrected chi connectivity index (χ1v) is 13.9. The van der Waals surface area contributed by atoms with E-state index in [0.717, 1.165) is 19.2 Å². The average Bonchev–Trinajstić information content (AvgIpc) is 3.38. The molecular weight excluding hydrogens is 575 g/mol. The van der Waals surface area contributed by atoms with Gasteiger partial charge in [-0.3, -0.25) is 14.7 Å². The second-order valence-corrected chi connectivity index (χ2v) is 11.3. The molecule has 1 saturated heterocycles. The molecule has 0 atom stereocenters. The first-order chi connectivity index (χ1) is 20.8. The first-order valence-electron chi connectivity index (χ1n) is 13.9. The normalized spacial score (nSPS) is 14.7. The third-order valence-corrected chi connectivity index (χ3v) is 6.91. The Morgan fingerprint density at radius 3 is 2.55 bits per heavy atom. The summed E-state index contributed by atoms with van der Waals surface area (Å²) in [5.74, 6) is 5.53. The maximum absolute atomic E-state index is 14.0. The van der Waals surface area contributed by atoms with Crippen molar-refractivity contribution in [2.24, 2.45) is 0 Å². The van der Waals surface area contributed by atoms with Crippen molar-refractivity contribution < 1.29 is 27.8 Å². The van der Waals surface area contributed by atoms with Crippen molar-refractivity contribution in [3.8, 4) is 17.7 Å². The van der Waals surface area contributed by atoms with Crippen molar-refractivity contribution in [1.29, 1.82) is 0 Å². The van der Waals surface area contributed by atoms with Crippen molar-refractivity contribution >= 4 is 17.2 Å². The highest BCUT2D eigenvalue weighted by Crippen LogP contribution is 2.34. The number of hydrogen-bond donors (Lipinski definition) is 2. The molecule has 0 spiro atoms. The zero-order valence-corrected chi connectivity index (χ0v) is 24.5. The smallest absolute Gasteiger partial charge is 0.416 e. The number of amides is 1. The first kappa shape index (κ1) is 30.9. The van der Waals surface area contributed by atoms with Crippen molar-refractivity contribution in [1.82, 2.24) is 29.4 Å². The number of nitrogens with one attached hydrogen (secondary N) is 1. The van der Waals surface area contributed by atoms with Crippen LogP contribution in [-0.4, -0.2) is 85.8 Å². The molecule has 1 fully saturated rings. The van der Waals surface area contributed by atoms with Gasteiger partial charge in [-0.1, -0.05) is 12.0 Å². The molecule has 13 heteroatoms. The molecule has 0 unspecified atom stereocenters. The van der Waals surface area contributed by atoms with Crippen molar-refractivity contribution in [3.63, 3.8) is 0 Å². The lowest BCUT2D eigenvalue weighted by Crippen LogP contribution is -2.44. The van der Waals surface area contributed by atoms with Crippen LogP contribution in [0.25, 0.3) is 5.65 Å². The lowest BCUT2D eigenvalue weighted by atomic mass is 10.0. The number of hydrogen-bond acceptors (Lipinski definition) is 8. The standard InChI is InChI=1S/C31H32F3N7O3/c1-30(2,43)20-44-28-9-8-27-36-18-25(41(27)38-28)7-4-21-14-23(17-35-16-21)29(42)37-24-6-5-22(26(15-24)31(32,33)34)19-40-12-10-39(3)11-13-40/h5-6,8-9,14-18,43H,10-13,19-20H2,1-3H3,(H,37,42). The summed E-state index contributed by atoms with van der Waals surface area (Å²) in [6.45, 7) is 6.42. The number of fused-ring (bicyclic) bond motifs is 1. The Labute approximate surface area is 252 Å². The van der Waals surface area contributed by atoms with Crippen LogP contribution in [0, 0.1) is 11.8 Å². The second kappa shape index (κ2) is 12.6. The lowest BCUT2D eigenvalue weighted by molar-refractivity contribution is -0.138. The van der Waals surface area contributed by atoms with Crippen LogP contribution >= 0.6 is 0 Å². The van der Waals surface area contributed by atoms with E-state index in [1.165, 1.54) is 41.3 Å². The highest BCUT2D eigenvalue weighted by molar-refractivity contribution is 6.04. The van der Waals surface area contributed by atoms with E-state index in [1.807, 2.05) is 11.9 Å². The zero-order chi connectivity index (χ0) is 31.5. The molecule has 5 rings (SSSR count). The molecule has 44 heavy (non-hydrogen) atoms. The number of carbonyl (C=O) groups is 1. The summed E-state index contributed by atoms with van der Waals surface area (Å²) in [5.41, 5.74) is -0.109. The van der Waals surface area contributed by atoms with Gasteiger partial charge in [-0.05, 0) is 56.6 Å². The molecule has 3 aromatic heterocycles. The lowest BCUT2D eigenvalue weighted by Gasteiger charge is -2.33. The number of aliphatic hydroxyl groups is 1. The Morgan fingerprint density at radius 2 is 1.82 bits per heavy atom. The van der Waals surface area contributed by atoms with Gasteiger partial charge < -0.3 is 20.1 Å². The predicted octanol–water partition coefficient (Wildman–Crippen LogP) is 3.69. The van der Waals surface area contributed by atoms with E-state index in [1.54, 1.807) is 26.0 Å². The van der Waals surface area contributed by atoms with E-state index in [0.29, 0.717) is 30.0 Å². The topological polar surface area (TPSA) is 108 Å². The van der Waals surface area contributed by atoms with Crippen LogP contribution < -0.4 is 10.1 Å². The van der Waals surface area contributed by atoms with E-state index < -0.39 is 23.2 Å². The number of likely N-dealkylation sites (N-methyl/N-ethyl adjacent to an activating group) is 1. The van der Waals surface area contributed by atoms with E-state index in [4.69, 9.17) is 4.74 Å². The third-order valence-electron chi connectivity index (χ3n) is 6.91. The molecule has 0 saturated carbocycles. The van der Waals surface area contributed by atoms with Crippen LogP contribution in [0.1, 0.15) is 46.6 Å². The number of carbonyl (C=O) groups excluding carboxylic acids is 1. The Hall–Kier alpha value is -4.51. The molecule has 0 radical (unpaired) electrons. The minimum Gasteiger partial charge on any atom is -0.474 e. The molecule has 10 nitrogen and oxygen atoms in total. The number of pyridine rings is 1. The number of benzene rings is 1. The number of halogens is 3. The van der Waals surface area contributed by atoms with Gasteiger partial charge in [-0.25, -0.2) is 9.50 Å². The zero-order valence-electron chi connectivity index (χ0n) is 24.5. The number of rotatable bonds is 7. The number of nitrogens with zero attached hydrogens (tertiary/aromatic N) is 6. The maximum Gasteiger partial charge on any atom is 0.416 e. The summed E-state index contributed by atoms with van der Waals surface area (Å²) in [5, 5.41) is 16.8. The fourth-order valence-electron chi connectivity index (χ4n) is 4.54. The van der Waals surface area contributed by atoms with Crippen LogP contribution in [0.5, 0.6) is 5.88 Å². The minimum atomic E-state index is -4.57. The predicted molar refractivity (Wildman–Crippen MR) is 157 cm³/mol. The van der Waals surface area contributed by atoms with Crippen LogP contribution in [0.3, 0.4) is 0 Å². The molecule has 1 aliphatic heterocycles. The number of anilines is 1. The minimum absolute atomic E-state index is 0.0281. The van der Waals surface area contributed by atoms with Gasteiger partial charge in [0.25, 0.3) is 5.91 Å². The summed E-state index contributed by atoms with van der Waals surface area (Å²) in [6.07, 6.45) is -0.262. The summed E-state index contributed by atoms with van der Waals surface area (Å²) in [6, 6.07) is 8.70. The Balaban J connectivity index is 1.30. The highest BCUT2D eigenvalue weighted by Gasteiger charge is 2.34. The molecule has 1 aliphatic rings. The number of ether oxygens (including phenoxy) is 1. The molecule has 4 aromatic rings. The summed E-state index contributed by atoms with van der Waals surface area (Å²) in [4.78, 5) is 25.5. The van der Waals surface area contributed by atoms with Crippen LogP contribution in [-0.2, 0) is 12.7 Å². The largest absolute Gasteiger partial charge is 0.474 e. The summed E-state index contributed by atoms with van der Waals surface area (Å²) >= 11 is 0. The fourth-order valence-corrected chi connectivity index (χ4v) is 4.54. The van der Waals surface area contributed by atoms with Gasteiger partial charge in [0.15, 0.2) is 5.65 Å². The molecular formula is C31H32F3N7O3. The second-order valence-electron chi connectivity index (χ2n) is 11.3. The molecule has 2 N–H and O–H groups in total. The molecule has 4 heterocycles. The monoisotopic (exact) mass is 607 g/mol. The average molecular weight is 608 g/mol. The third kappa shape index (κ3) is 7.90. The fraction of sp³-hybridized carbons (Fsp3) is 0.355. The summed E-state index contributed by atoms with van der Waals surface area (Å²) < 4.78 is 49.0. The van der Waals surface area contributed by atoms with Crippen molar-refractivity contribution in [2.75, 3.05) is 45.2 Å². The molecule has 0 bridgehead atoms. The summed E-state index contributed by atoms with van der Waals surface area (Å²) in [7, 11) is 1.99. The van der Waals surface area contributed by atoms with Gasteiger partial charge in [-0.15, -0.1) is 5.10 Å². The number of piperazine rings is 1. The SMILES string of the molecule is CN1CCN(Cc2ccc(NC(=O)c3cncc(C#Cc4cnc5ccc(OCC(C)(C)O)nn45)c3)cc2C(F)(F)F)CC1. The molecule has 230 valence electrons. The Kier molecular flexibility index (Phi) is 8.87. The van der Waals surface area contributed by atoms with Crippen LogP contribution in [0.4, 0.5) is 18.9 Å². The van der Waals surface area contributed by atoms with E-state index in [-0.39, 0.29) is 35.8 Å². The molecule has 1 amide bonds. The molecule has 1 aromatic carbocycles. The van der Waals surface area contributed by atoms with Gasteiger partial charge >= 0.3 is 6.18 Å². The van der Waals surface area contributed by atoms with Gasteiger partial charge in [0.05, 0.1) is 22.9 Å². The van der Waals surface area contributed by atoms with Gasteiger partial charge in [0.2, 0.25) is 5.88 Å².